The average Bonchev–Trinajstić information content (AvgIpc) is 2.09. The molecule has 0 spiro atoms. The maximum absolute atomic E-state index is 13.1. The second-order valence-electron chi connectivity index (χ2n) is 2.76. The van der Waals surface area contributed by atoms with E-state index in [1.165, 1.54) is 19.2 Å². The van der Waals surface area contributed by atoms with Gasteiger partial charge in [0, 0.05) is 12.1 Å². The Morgan fingerprint density at radius 1 is 1.54 bits per heavy atom. The fraction of sp³-hybridized carbons (Fsp3) is 0.333. The number of halogens is 1. The summed E-state index contributed by atoms with van der Waals surface area (Å²) in [6.07, 6.45) is 0. The van der Waals surface area contributed by atoms with Gasteiger partial charge in [-0.3, -0.25) is 0 Å². The van der Waals surface area contributed by atoms with Crippen LogP contribution in [0.5, 0.6) is 5.75 Å². The zero-order valence-corrected chi connectivity index (χ0v) is 7.60. The van der Waals surface area contributed by atoms with Gasteiger partial charge in [-0.15, -0.1) is 0 Å². The number of aryl methyl sites for hydroxylation is 1. The topological polar surface area (TPSA) is 41.5 Å². The normalized spacial score (nSPS) is 10.4. The maximum atomic E-state index is 13.1. The van der Waals surface area contributed by atoms with Crippen molar-refractivity contribution in [3.8, 4) is 5.75 Å². The summed E-state index contributed by atoms with van der Waals surface area (Å²) in [4.78, 5) is 4.57. The Hall–Kier alpha value is -1.13. The fourth-order valence-electron chi connectivity index (χ4n) is 0.990. The lowest BCUT2D eigenvalue weighted by atomic mass is 10.1. The molecule has 0 amide bonds. The number of phenolic OH excluding ortho intramolecular Hbond substituents is 1. The van der Waals surface area contributed by atoms with Crippen molar-refractivity contribution in [1.29, 1.82) is 0 Å². The Balaban J connectivity index is 2.88. The molecular formula is C9H12FNO2. The van der Waals surface area contributed by atoms with Gasteiger partial charge in [-0.05, 0) is 24.6 Å². The van der Waals surface area contributed by atoms with Gasteiger partial charge >= 0.3 is 0 Å². The molecule has 0 atom stereocenters. The van der Waals surface area contributed by atoms with E-state index >= 15 is 0 Å². The van der Waals surface area contributed by atoms with Gasteiger partial charge in [-0.25, -0.2) is 4.39 Å². The highest BCUT2D eigenvalue weighted by Gasteiger charge is 2.05. The molecule has 0 saturated heterocycles. The summed E-state index contributed by atoms with van der Waals surface area (Å²) < 4.78 is 13.1. The third kappa shape index (κ3) is 2.40. The molecule has 0 bridgehead atoms. The van der Waals surface area contributed by atoms with Crippen LogP contribution in [-0.2, 0) is 11.4 Å². The van der Waals surface area contributed by atoms with Crippen LogP contribution in [0.25, 0.3) is 0 Å². The van der Waals surface area contributed by atoms with Crippen molar-refractivity contribution in [3.63, 3.8) is 0 Å². The van der Waals surface area contributed by atoms with Crippen LogP contribution >= 0.6 is 0 Å². The second-order valence-corrected chi connectivity index (χ2v) is 2.76. The standard InChI is InChI=1S/C9H12FNO2/c1-6-3-8(10)7(4-9(6)12)5-11-13-2/h3-4,11-12H,5H2,1-2H3. The Morgan fingerprint density at radius 2 is 2.23 bits per heavy atom. The van der Waals surface area contributed by atoms with E-state index in [2.05, 4.69) is 10.3 Å². The zero-order chi connectivity index (χ0) is 9.84. The highest BCUT2D eigenvalue weighted by Crippen LogP contribution is 2.20. The molecule has 0 radical (unpaired) electrons. The number of rotatable bonds is 3. The highest BCUT2D eigenvalue weighted by molar-refractivity contribution is 5.36. The summed E-state index contributed by atoms with van der Waals surface area (Å²) in [5.41, 5.74) is 3.41. The van der Waals surface area contributed by atoms with E-state index in [0.29, 0.717) is 11.1 Å². The summed E-state index contributed by atoms with van der Waals surface area (Å²) in [6, 6.07) is 2.68. The monoisotopic (exact) mass is 185 g/mol. The van der Waals surface area contributed by atoms with Crippen LogP contribution in [0.4, 0.5) is 4.39 Å². The summed E-state index contributed by atoms with van der Waals surface area (Å²) in [7, 11) is 1.45. The van der Waals surface area contributed by atoms with Crippen LogP contribution in [0.2, 0.25) is 0 Å². The average molecular weight is 185 g/mol. The minimum absolute atomic E-state index is 0.0919. The Morgan fingerprint density at radius 3 is 2.85 bits per heavy atom. The Kier molecular flexibility index (Phi) is 3.22. The van der Waals surface area contributed by atoms with Crippen LogP contribution in [0.3, 0.4) is 0 Å². The lowest BCUT2D eigenvalue weighted by Gasteiger charge is -2.06. The molecule has 0 unspecified atom stereocenters. The largest absolute Gasteiger partial charge is 0.508 e. The van der Waals surface area contributed by atoms with E-state index in [9.17, 15) is 9.50 Å². The van der Waals surface area contributed by atoms with E-state index in [-0.39, 0.29) is 18.1 Å². The predicted molar refractivity (Wildman–Crippen MR) is 46.7 cm³/mol. The number of phenols is 1. The van der Waals surface area contributed by atoms with Gasteiger partial charge in [0.15, 0.2) is 0 Å². The quantitative estimate of drug-likeness (QED) is 0.701. The van der Waals surface area contributed by atoms with Gasteiger partial charge in [-0.2, -0.15) is 5.48 Å². The third-order valence-electron chi connectivity index (χ3n) is 1.77. The summed E-state index contributed by atoms with van der Waals surface area (Å²) >= 11 is 0. The number of benzene rings is 1. The van der Waals surface area contributed by atoms with Gasteiger partial charge in [0.2, 0.25) is 0 Å². The number of nitrogens with one attached hydrogen (secondary N) is 1. The van der Waals surface area contributed by atoms with Crippen molar-refractivity contribution < 1.29 is 14.3 Å². The maximum Gasteiger partial charge on any atom is 0.128 e. The van der Waals surface area contributed by atoms with Crippen molar-refractivity contribution in [1.82, 2.24) is 5.48 Å². The molecule has 0 heterocycles. The number of aromatic hydroxyl groups is 1. The van der Waals surface area contributed by atoms with Gasteiger partial charge in [-0.1, -0.05) is 0 Å². The number of hydroxylamine groups is 1. The second kappa shape index (κ2) is 4.20. The molecule has 13 heavy (non-hydrogen) atoms. The first-order chi connectivity index (χ1) is 6.15. The molecule has 0 saturated carbocycles. The van der Waals surface area contributed by atoms with Crippen LogP contribution in [0.1, 0.15) is 11.1 Å². The van der Waals surface area contributed by atoms with Crippen molar-refractivity contribution in [3.05, 3.63) is 29.1 Å². The van der Waals surface area contributed by atoms with Gasteiger partial charge < -0.3 is 9.94 Å². The number of hydrogen-bond acceptors (Lipinski definition) is 3. The van der Waals surface area contributed by atoms with E-state index in [1.807, 2.05) is 0 Å². The van der Waals surface area contributed by atoms with E-state index in [0.717, 1.165) is 0 Å². The molecule has 1 aromatic rings. The predicted octanol–water partition coefficient (Wildman–Crippen LogP) is 1.49. The van der Waals surface area contributed by atoms with Gasteiger partial charge in [0.05, 0.1) is 7.11 Å². The Bertz CT molecular complexity index is 302. The lowest BCUT2D eigenvalue weighted by molar-refractivity contribution is 0.0859. The first-order valence-electron chi connectivity index (χ1n) is 3.89. The molecule has 1 rings (SSSR count). The molecular weight excluding hydrogens is 173 g/mol. The van der Waals surface area contributed by atoms with Crippen LogP contribution < -0.4 is 5.48 Å². The molecule has 0 fully saturated rings. The molecule has 0 aliphatic heterocycles. The molecule has 0 aliphatic rings. The highest BCUT2D eigenvalue weighted by atomic mass is 19.1. The fourth-order valence-corrected chi connectivity index (χ4v) is 0.990. The lowest BCUT2D eigenvalue weighted by Crippen LogP contribution is -2.12. The van der Waals surface area contributed by atoms with Gasteiger partial charge in [0.25, 0.3) is 0 Å². The molecule has 3 nitrogen and oxygen atoms in total. The summed E-state index contributed by atoms with van der Waals surface area (Å²) in [6.45, 7) is 1.88. The van der Waals surface area contributed by atoms with Crippen LogP contribution in [0.15, 0.2) is 12.1 Å². The molecule has 0 aliphatic carbocycles. The third-order valence-corrected chi connectivity index (χ3v) is 1.77. The molecule has 1 aromatic carbocycles. The SMILES string of the molecule is CONCc1cc(O)c(C)cc1F. The Labute approximate surface area is 76.1 Å². The van der Waals surface area contributed by atoms with E-state index in [1.54, 1.807) is 6.92 Å². The van der Waals surface area contributed by atoms with E-state index < -0.39 is 0 Å². The molecule has 4 heteroatoms. The zero-order valence-electron chi connectivity index (χ0n) is 7.60. The van der Waals surface area contributed by atoms with Crippen molar-refractivity contribution in [2.75, 3.05) is 7.11 Å². The minimum Gasteiger partial charge on any atom is -0.508 e. The molecule has 72 valence electrons. The summed E-state index contributed by atoms with van der Waals surface area (Å²) in [5, 5.41) is 9.29. The number of hydrogen-bond donors (Lipinski definition) is 2. The first kappa shape index (κ1) is 9.95. The van der Waals surface area contributed by atoms with Crippen molar-refractivity contribution >= 4 is 0 Å². The van der Waals surface area contributed by atoms with Crippen molar-refractivity contribution in [2.24, 2.45) is 0 Å². The van der Waals surface area contributed by atoms with Crippen LogP contribution in [-0.4, -0.2) is 12.2 Å². The smallest absolute Gasteiger partial charge is 0.128 e. The molecule has 2 N–H and O–H groups in total. The summed E-state index contributed by atoms with van der Waals surface area (Å²) in [5.74, 6) is -0.255. The van der Waals surface area contributed by atoms with Crippen LogP contribution in [0, 0.1) is 12.7 Å². The van der Waals surface area contributed by atoms with Gasteiger partial charge in [0.1, 0.15) is 11.6 Å². The first-order valence-corrected chi connectivity index (χ1v) is 3.89. The van der Waals surface area contributed by atoms with Crippen molar-refractivity contribution in [2.45, 2.75) is 13.5 Å². The minimum atomic E-state index is -0.347. The molecule has 0 aromatic heterocycles. The van der Waals surface area contributed by atoms with E-state index in [4.69, 9.17) is 0 Å².